The van der Waals surface area contributed by atoms with Crippen molar-refractivity contribution in [2.24, 2.45) is 0 Å². The highest BCUT2D eigenvalue weighted by Crippen LogP contribution is 2.35. The molecule has 1 N–H and O–H groups in total. The Bertz CT molecular complexity index is 949. The summed E-state index contributed by atoms with van der Waals surface area (Å²) in [5.41, 5.74) is 2.93. The molecule has 140 valence electrons. The zero-order valence-corrected chi connectivity index (χ0v) is 15.8. The summed E-state index contributed by atoms with van der Waals surface area (Å²) in [5, 5.41) is 4.69. The van der Waals surface area contributed by atoms with E-state index in [2.05, 4.69) is 15.1 Å². The first-order valence-corrected chi connectivity index (χ1v) is 9.12. The van der Waals surface area contributed by atoms with E-state index >= 15 is 0 Å². The average Bonchev–Trinajstić information content (AvgIpc) is 3.35. The molecule has 0 saturated heterocycles. The normalized spacial score (nSPS) is 17.4. The number of amides is 1. The molecule has 0 aliphatic carbocycles. The van der Waals surface area contributed by atoms with Gasteiger partial charge in [-0.2, -0.15) is 5.10 Å². The number of halogens is 1. The minimum absolute atomic E-state index is 0.0239. The first-order valence-electron chi connectivity index (χ1n) is 8.74. The van der Waals surface area contributed by atoms with Crippen molar-refractivity contribution in [2.45, 2.75) is 25.4 Å². The number of aromatic nitrogens is 4. The van der Waals surface area contributed by atoms with E-state index in [9.17, 15) is 4.79 Å². The third-order valence-corrected chi connectivity index (χ3v) is 5.16. The third-order valence-electron chi connectivity index (χ3n) is 4.96. The summed E-state index contributed by atoms with van der Waals surface area (Å²) >= 11 is 5.97. The number of hydrogen-bond donors (Lipinski definition) is 1. The van der Waals surface area contributed by atoms with Crippen LogP contribution in [0.4, 0.5) is 0 Å². The highest BCUT2D eigenvalue weighted by molar-refractivity contribution is 6.30. The smallest absolute Gasteiger partial charge is 0.247 e. The fourth-order valence-electron chi connectivity index (χ4n) is 3.52. The Kier molecular flexibility index (Phi) is 4.61. The van der Waals surface area contributed by atoms with Crippen molar-refractivity contribution < 1.29 is 9.53 Å². The van der Waals surface area contributed by atoms with Gasteiger partial charge in [-0.25, -0.2) is 4.98 Å². The van der Waals surface area contributed by atoms with Crippen molar-refractivity contribution in [2.75, 3.05) is 13.7 Å². The Morgan fingerprint density at radius 3 is 2.81 bits per heavy atom. The van der Waals surface area contributed by atoms with Gasteiger partial charge in [0.1, 0.15) is 17.8 Å². The van der Waals surface area contributed by atoms with Gasteiger partial charge in [0, 0.05) is 24.9 Å². The quantitative estimate of drug-likeness (QED) is 0.749. The van der Waals surface area contributed by atoms with Crippen molar-refractivity contribution >= 4 is 17.5 Å². The molecule has 7 nitrogen and oxygen atoms in total. The number of aromatic amines is 1. The minimum Gasteiger partial charge on any atom is -0.497 e. The van der Waals surface area contributed by atoms with E-state index in [1.807, 2.05) is 36.1 Å². The topological polar surface area (TPSA) is 76.0 Å². The number of ether oxygens (including phenoxy) is 1. The van der Waals surface area contributed by atoms with Crippen LogP contribution in [-0.4, -0.2) is 44.2 Å². The maximum Gasteiger partial charge on any atom is 0.247 e. The number of nitrogens with one attached hydrogen (secondary N) is 1. The first-order chi connectivity index (χ1) is 13.1. The molecule has 0 bridgehead atoms. The maximum absolute atomic E-state index is 13.3. The Labute approximate surface area is 161 Å². The van der Waals surface area contributed by atoms with E-state index in [1.165, 1.54) is 6.20 Å². The number of hydrogen-bond acceptors (Lipinski definition) is 4. The lowest BCUT2D eigenvalue weighted by Crippen LogP contribution is -2.43. The number of rotatable bonds is 4. The Hall–Kier alpha value is -2.80. The molecule has 1 amide bonds. The van der Waals surface area contributed by atoms with Crippen LogP contribution in [0.15, 0.2) is 43.0 Å². The van der Waals surface area contributed by atoms with Crippen molar-refractivity contribution in [1.29, 1.82) is 0 Å². The molecule has 1 aliphatic rings. The summed E-state index contributed by atoms with van der Waals surface area (Å²) in [6, 6.07) is 7.03. The summed E-state index contributed by atoms with van der Waals surface area (Å²) in [6.45, 7) is 2.43. The highest BCUT2D eigenvalue weighted by Gasteiger charge is 2.36. The van der Waals surface area contributed by atoms with Crippen molar-refractivity contribution in [3.05, 3.63) is 65.0 Å². The van der Waals surface area contributed by atoms with Crippen LogP contribution < -0.4 is 4.74 Å². The van der Waals surface area contributed by atoms with Gasteiger partial charge in [-0.15, -0.1) is 0 Å². The molecule has 1 aromatic carbocycles. The van der Waals surface area contributed by atoms with Crippen molar-refractivity contribution in [1.82, 2.24) is 24.6 Å². The Morgan fingerprint density at radius 2 is 2.15 bits per heavy atom. The largest absolute Gasteiger partial charge is 0.497 e. The summed E-state index contributed by atoms with van der Waals surface area (Å²) in [7, 11) is 1.63. The van der Waals surface area contributed by atoms with Crippen LogP contribution in [0.5, 0.6) is 5.75 Å². The van der Waals surface area contributed by atoms with E-state index in [0.29, 0.717) is 11.6 Å². The molecule has 0 radical (unpaired) electrons. The highest BCUT2D eigenvalue weighted by atomic mass is 35.5. The van der Waals surface area contributed by atoms with Gasteiger partial charge < -0.3 is 14.6 Å². The molecule has 27 heavy (non-hydrogen) atoms. The monoisotopic (exact) mass is 385 g/mol. The summed E-state index contributed by atoms with van der Waals surface area (Å²) in [5.74, 6) is 0.749. The number of nitrogens with zero attached hydrogens (tertiary/aromatic N) is 4. The van der Waals surface area contributed by atoms with Gasteiger partial charge in [0.05, 0.1) is 30.4 Å². The van der Waals surface area contributed by atoms with Gasteiger partial charge >= 0.3 is 0 Å². The molecular formula is C19H20ClN5O2. The number of fused-ring (bicyclic) bond motifs is 1. The van der Waals surface area contributed by atoms with E-state index in [-0.39, 0.29) is 11.9 Å². The Morgan fingerprint density at radius 1 is 1.37 bits per heavy atom. The van der Waals surface area contributed by atoms with Crippen LogP contribution in [-0.2, 0) is 11.2 Å². The summed E-state index contributed by atoms with van der Waals surface area (Å²) in [4.78, 5) is 22.9. The summed E-state index contributed by atoms with van der Waals surface area (Å²) < 4.78 is 6.85. The number of methoxy groups -OCH3 is 1. The van der Waals surface area contributed by atoms with Gasteiger partial charge in [0.2, 0.25) is 5.91 Å². The zero-order chi connectivity index (χ0) is 19.0. The predicted molar refractivity (Wildman–Crippen MR) is 101 cm³/mol. The van der Waals surface area contributed by atoms with Crippen LogP contribution in [0.2, 0.25) is 5.02 Å². The molecule has 0 fully saturated rings. The van der Waals surface area contributed by atoms with E-state index in [1.54, 1.807) is 24.3 Å². The predicted octanol–water partition coefficient (Wildman–Crippen LogP) is 3.00. The second kappa shape index (κ2) is 7.08. The standard InChI is InChI=1S/C19H20ClN5O2/c1-12(25-10-14(20)9-23-25)19(26)24-8-7-16-17(22-11-21-16)18(24)13-3-5-15(27-2)6-4-13/h3-6,9-12,18H,7-8H2,1-2H3,(H,21,22)/t12-,18+/m1/s1. The molecule has 2 aromatic heterocycles. The van der Waals surface area contributed by atoms with E-state index in [4.69, 9.17) is 16.3 Å². The Balaban J connectivity index is 1.70. The van der Waals surface area contributed by atoms with Crippen LogP contribution >= 0.6 is 11.6 Å². The number of imidazole rings is 1. The fourth-order valence-corrected chi connectivity index (χ4v) is 3.66. The van der Waals surface area contributed by atoms with Gasteiger partial charge in [0.15, 0.2) is 0 Å². The van der Waals surface area contributed by atoms with Crippen LogP contribution in [0, 0.1) is 0 Å². The molecule has 0 unspecified atom stereocenters. The molecule has 3 aromatic rings. The van der Waals surface area contributed by atoms with Crippen LogP contribution in [0.1, 0.15) is 36.0 Å². The number of benzene rings is 1. The lowest BCUT2D eigenvalue weighted by Gasteiger charge is -2.36. The molecule has 2 atom stereocenters. The van der Waals surface area contributed by atoms with E-state index in [0.717, 1.165) is 29.1 Å². The molecule has 8 heteroatoms. The minimum atomic E-state index is -0.459. The maximum atomic E-state index is 13.3. The van der Waals surface area contributed by atoms with Crippen molar-refractivity contribution in [3.8, 4) is 5.75 Å². The molecule has 1 aliphatic heterocycles. The lowest BCUT2D eigenvalue weighted by atomic mass is 9.95. The summed E-state index contributed by atoms with van der Waals surface area (Å²) in [6.07, 6.45) is 5.62. The number of H-pyrrole nitrogens is 1. The van der Waals surface area contributed by atoms with Gasteiger partial charge in [-0.05, 0) is 24.6 Å². The molecule has 4 rings (SSSR count). The molecule has 0 spiro atoms. The molecule has 3 heterocycles. The van der Waals surface area contributed by atoms with E-state index < -0.39 is 6.04 Å². The molecular weight excluding hydrogens is 366 g/mol. The SMILES string of the molecule is COc1ccc([C@H]2c3nc[nH]c3CCN2C(=O)[C@@H](C)n2cc(Cl)cn2)cc1. The number of carbonyl (C=O) groups is 1. The second-order valence-electron chi connectivity index (χ2n) is 6.54. The van der Waals surface area contributed by atoms with Gasteiger partial charge in [0.25, 0.3) is 0 Å². The van der Waals surface area contributed by atoms with Crippen LogP contribution in [0.25, 0.3) is 0 Å². The van der Waals surface area contributed by atoms with Crippen LogP contribution in [0.3, 0.4) is 0 Å². The lowest BCUT2D eigenvalue weighted by molar-refractivity contribution is -0.136. The molecule has 0 saturated carbocycles. The third kappa shape index (κ3) is 3.19. The van der Waals surface area contributed by atoms with Crippen molar-refractivity contribution in [3.63, 3.8) is 0 Å². The average molecular weight is 386 g/mol. The van der Waals surface area contributed by atoms with Gasteiger partial charge in [-0.3, -0.25) is 9.48 Å². The van der Waals surface area contributed by atoms with Gasteiger partial charge in [-0.1, -0.05) is 23.7 Å². The zero-order valence-electron chi connectivity index (χ0n) is 15.1. The fraction of sp³-hybridized carbons (Fsp3) is 0.316. The first kappa shape index (κ1) is 17.6. The number of carbonyl (C=O) groups excluding carboxylic acids is 1. The second-order valence-corrected chi connectivity index (χ2v) is 6.97.